The summed E-state index contributed by atoms with van der Waals surface area (Å²) in [7, 11) is 0. The van der Waals surface area contributed by atoms with E-state index in [0.717, 1.165) is 18.4 Å². The lowest BCUT2D eigenvalue weighted by Crippen LogP contribution is -2.43. The third kappa shape index (κ3) is 6.32. The minimum atomic E-state index is -0.340. The number of benzene rings is 2. The minimum Gasteiger partial charge on any atom is -0.352 e. The molecular weight excluding hydrogens is 393 g/mol. The van der Waals surface area contributed by atoms with Crippen molar-refractivity contribution in [1.82, 2.24) is 10.2 Å². The van der Waals surface area contributed by atoms with Gasteiger partial charge in [-0.05, 0) is 60.7 Å². The second-order valence-electron chi connectivity index (χ2n) is 6.97. The van der Waals surface area contributed by atoms with Crippen LogP contribution in [0.4, 0.5) is 14.9 Å². The predicted molar refractivity (Wildman–Crippen MR) is 113 cm³/mol. The lowest BCUT2D eigenvalue weighted by atomic mass is 9.97. The molecule has 1 aliphatic heterocycles. The van der Waals surface area contributed by atoms with Gasteiger partial charge in [-0.1, -0.05) is 29.8 Å². The van der Waals surface area contributed by atoms with Gasteiger partial charge in [0.25, 0.3) is 0 Å². The number of urea groups is 1. The van der Waals surface area contributed by atoms with Crippen LogP contribution in [0.2, 0.25) is 5.02 Å². The summed E-state index contributed by atoms with van der Waals surface area (Å²) < 4.78 is 12.9. The van der Waals surface area contributed by atoms with Gasteiger partial charge >= 0.3 is 6.03 Å². The van der Waals surface area contributed by atoms with Crippen LogP contribution in [0, 0.1) is 11.7 Å². The first-order valence-corrected chi connectivity index (χ1v) is 9.91. The first-order valence-electron chi connectivity index (χ1n) is 9.53. The summed E-state index contributed by atoms with van der Waals surface area (Å²) in [5.74, 6) is -0.184. The fourth-order valence-electron chi connectivity index (χ4n) is 3.16. The van der Waals surface area contributed by atoms with Gasteiger partial charge in [0.2, 0.25) is 5.91 Å². The molecule has 0 bridgehead atoms. The standard InChI is InChI=1S/C22H23ClFN3O2/c23-20-4-2-1-3-17(20)5-10-21(28)25-15-16-11-13-27(14-12-16)22(29)26-19-8-6-18(24)7-9-19/h1-10,16H,11-15H2,(H,25,28)(H,26,29)/b10-5+. The van der Waals surface area contributed by atoms with Gasteiger partial charge in [0.1, 0.15) is 5.82 Å². The van der Waals surface area contributed by atoms with Crippen molar-refractivity contribution >= 4 is 35.3 Å². The maximum Gasteiger partial charge on any atom is 0.321 e. The molecule has 29 heavy (non-hydrogen) atoms. The number of likely N-dealkylation sites (tertiary alicyclic amines) is 1. The first-order chi connectivity index (χ1) is 14.0. The Bertz CT molecular complexity index is 878. The second-order valence-corrected chi connectivity index (χ2v) is 7.37. The Labute approximate surface area is 174 Å². The average Bonchev–Trinajstić information content (AvgIpc) is 2.73. The molecule has 0 atom stereocenters. The van der Waals surface area contributed by atoms with Gasteiger partial charge in [-0.25, -0.2) is 9.18 Å². The molecule has 1 fully saturated rings. The van der Waals surface area contributed by atoms with Crippen molar-refractivity contribution in [3.8, 4) is 0 Å². The zero-order valence-corrected chi connectivity index (χ0v) is 16.7. The molecule has 3 rings (SSSR count). The van der Waals surface area contributed by atoms with Gasteiger partial charge in [-0.15, -0.1) is 0 Å². The summed E-state index contributed by atoms with van der Waals surface area (Å²) in [6.45, 7) is 1.80. The maximum absolute atomic E-state index is 12.9. The van der Waals surface area contributed by atoms with Crippen LogP contribution in [0.25, 0.3) is 6.08 Å². The number of nitrogens with zero attached hydrogens (tertiary/aromatic N) is 1. The average molecular weight is 416 g/mol. The molecule has 7 heteroatoms. The Hall–Kier alpha value is -2.86. The van der Waals surface area contributed by atoms with Crippen LogP contribution in [0.5, 0.6) is 0 Å². The van der Waals surface area contributed by atoms with Crippen LogP contribution in [0.3, 0.4) is 0 Å². The molecule has 3 amide bonds. The highest BCUT2D eigenvalue weighted by molar-refractivity contribution is 6.32. The Morgan fingerprint density at radius 3 is 2.48 bits per heavy atom. The SMILES string of the molecule is O=C(/C=C/c1ccccc1Cl)NCC1CCN(C(=O)Nc2ccc(F)cc2)CC1. The molecule has 1 aliphatic rings. The highest BCUT2D eigenvalue weighted by Crippen LogP contribution is 2.18. The molecule has 2 aromatic carbocycles. The third-order valence-electron chi connectivity index (χ3n) is 4.88. The van der Waals surface area contributed by atoms with Gasteiger partial charge in [0.05, 0.1) is 0 Å². The van der Waals surface area contributed by atoms with Crippen molar-refractivity contribution in [1.29, 1.82) is 0 Å². The van der Waals surface area contributed by atoms with E-state index >= 15 is 0 Å². The zero-order valence-electron chi connectivity index (χ0n) is 15.9. The van der Waals surface area contributed by atoms with Gasteiger partial charge in [0.15, 0.2) is 0 Å². The van der Waals surface area contributed by atoms with Crippen molar-refractivity contribution in [3.63, 3.8) is 0 Å². The van der Waals surface area contributed by atoms with Crippen molar-refractivity contribution < 1.29 is 14.0 Å². The normalized spacial score (nSPS) is 14.8. The Balaban J connectivity index is 1.39. The molecule has 1 saturated heterocycles. The second kappa shape index (κ2) is 10.1. The van der Waals surface area contributed by atoms with E-state index in [4.69, 9.17) is 11.6 Å². The van der Waals surface area contributed by atoms with Crippen LogP contribution in [0.15, 0.2) is 54.6 Å². The van der Waals surface area contributed by atoms with Crippen LogP contribution in [-0.4, -0.2) is 36.5 Å². The van der Waals surface area contributed by atoms with Crippen LogP contribution < -0.4 is 10.6 Å². The Morgan fingerprint density at radius 2 is 1.79 bits per heavy atom. The number of carbonyl (C=O) groups is 2. The number of anilines is 1. The number of piperidine rings is 1. The summed E-state index contributed by atoms with van der Waals surface area (Å²) in [5.41, 5.74) is 1.36. The molecule has 2 aromatic rings. The van der Waals surface area contributed by atoms with Gasteiger partial charge in [-0.2, -0.15) is 0 Å². The van der Waals surface area contributed by atoms with E-state index in [1.807, 2.05) is 18.2 Å². The van der Waals surface area contributed by atoms with Crippen molar-refractivity contribution in [2.75, 3.05) is 25.0 Å². The van der Waals surface area contributed by atoms with Gasteiger partial charge in [0, 0.05) is 36.4 Å². The highest BCUT2D eigenvalue weighted by Gasteiger charge is 2.23. The Morgan fingerprint density at radius 1 is 1.10 bits per heavy atom. The number of nitrogens with one attached hydrogen (secondary N) is 2. The number of carbonyl (C=O) groups excluding carboxylic acids is 2. The number of rotatable bonds is 5. The number of hydrogen-bond donors (Lipinski definition) is 2. The van der Waals surface area contributed by atoms with E-state index in [2.05, 4.69) is 10.6 Å². The van der Waals surface area contributed by atoms with E-state index in [-0.39, 0.29) is 17.8 Å². The maximum atomic E-state index is 12.9. The van der Waals surface area contributed by atoms with Gasteiger partial charge < -0.3 is 15.5 Å². The molecule has 2 N–H and O–H groups in total. The largest absolute Gasteiger partial charge is 0.352 e. The number of halogens is 2. The lowest BCUT2D eigenvalue weighted by molar-refractivity contribution is -0.116. The van der Waals surface area contributed by atoms with Crippen LogP contribution in [-0.2, 0) is 4.79 Å². The Kier molecular flexibility index (Phi) is 7.25. The zero-order chi connectivity index (χ0) is 20.6. The van der Waals surface area contributed by atoms with E-state index in [1.54, 1.807) is 17.0 Å². The smallest absolute Gasteiger partial charge is 0.321 e. The molecule has 5 nitrogen and oxygen atoms in total. The van der Waals surface area contributed by atoms with Crippen LogP contribution >= 0.6 is 11.6 Å². The molecule has 0 aliphatic carbocycles. The topological polar surface area (TPSA) is 61.4 Å². The molecule has 1 heterocycles. The van der Waals surface area contributed by atoms with E-state index < -0.39 is 0 Å². The summed E-state index contributed by atoms with van der Waals surface area (Å²) in [4.78, 5) is 26.1. The van der Waals surface area contributed by atoms with E-state index in [1.165, 1.54) is 30.3 Å². The van der Waals surface area contributed by atoms with E-state index in [9.17, 15) is 14.0 Å². The fourth-order valence-corrected chi connectivity index (χ4v) is 3.35. The summed E-state index contributed by atoms with van der Waals surface area (Å²) in [5, 5.41) is 6.28. The molecular formula is C22H23ClFN3O2. The number of amides is 3. The predicted octanol–water partition coefficient (Wildman–Crippen LogP) is 4.55. The molecule has 0 aromatic heterocycles. The van der Waals surface area contributed by atoms with Crippen molar-refractivity contribution in [3.05, 3.63) is 71.0 Å². The lowest BCUT2D eigenvalue weighted by Gasteiger charge is -2.32. The van der Waals surface area contributed by atoms with Crippen molar-refractivity contribution in [2.45, 2.75) is 12.8 Å². The molecule has 0 saturated carbocycles. The number of hydrogen-bond acceptors (Lipinski definition) is 2. The quantitative estimate of drug-likeness (QED) is 0.703. The summed E-state index contributed by atoms with van der Waals surface area (Å²) >= 11 is 6.07. The fraction of sp³-hybridized carbons (Fsp3) is 0.273. The monoisotopic (exact) mass is 415 g/mol. The molecule has 152 valence electrons. The first kappa shape index (κ1) is 20.9. The highest BCUT2D eigenvalue weighted by atomic mass is 35.5. The third-order valence-corrected chi connectivity index (χ3v) is 5.23. The van der Waals surface area contributed by atoms with Crippen LogP contribution in [0.1, 0.15) is 18.4 Å². The molecule has 0 spiro atoms. The summed E-state index contributed by atoms with van der Waals surface area (Å²) in [6.07, 6.45) is 4.79. The van der Waals surface area contributed by atoms with Gasteiger partial charge in [-0.3, -0.25) is 4.79 Å². The van der Waals surface area contributed by atoms with E-state index in [0.29, 0.717) is 36.3 Å². The minimum absolute atomic E-state index is 0.165. The summed E-state index contributed by atoms with van der Waals surface area (Å²) in [6, 6.07) is 12.8. The van der Waals surface area contributed by atoms with Crippen molar-refractivity contribution in [2.24, 2.45) is 5.92 Å². The molecule has 0 unspecified atom stereocenters. The molecule has 0 radical (unpaired) electrons.